The Balaban J connectivity index is 2.17. The zero-order chi connectivity index (χ0) is 15.6. The van der Waals surface area contributed by atoms with E-state index >= 15 is 0 Å². The maximum absolute atomic E-state index is 13.3. The first-order chi connectivity index (χ1) is 9.81. The standard InChI is InChI=1S/C13H14F4N2O2/c1-21-11-6-18-5-10(11)19-12(20)7-2-8(13(15,16)17)4-9(14)3-7/h2-4,10-11,18H,5-6H2,1H3,(H,19,20)/t10-,11+/m1/s1. The van der Waals surface area contributed by atoms with Crippen molar-refractivity contribution >= 4 is 5.91 Å². The van der Waals surface area contributed by atoms with Gasteiger partial charge in [-0.25, -0.2) is 4.39 Å². The fourth-order valence-electron chi connectivity index (χ4n) is 2.18. The number of rotatable bonds is 3. The summed E-state index contributed by atoms with van der Waals surface area (Å²) in [6.45, 7) is 0.962. The summed E-state index contributed by atoms with van der Waals surface area (Å²) in [5, 5.41) is 5.52. The molecule has 1 amide bonds. The number of ether oxygens (including phenoxy) is 1. The van der Waals surface area contributed by atoms with Gasteiger partial charge in [-0.3, -0.25) is 4.79 Å². The number of nitrogens with one attached hydrogen (secondary N) is 2. The molecule has 4 nitrogen and oxygen atoms in total. The molecule has 0 unspecified atom stereocenters. The third-order valence-electron chi connectivity index (χ3n) is 3.27. The highest BCUT2D eigenvalue weighted by atomic mass is 19.4. The van der Waals surface area contributed by atoms with Gasteiger partial charge in [0.2, 0.25) is 0 Å². The Bertz CT molecular complexity index is 533. The minimum absolute atomic E-state index is 0.274. The fraction of sp³-hybridized carbons (Fsp3) is 0.462. The van der Waals surface area contributed by atoms with Gasteiger partial charge in [0, 0.05) is 25.8 Å². The predicted molar refractivity (Wildman–Crippen MR) is 66.3 cm³/mol. The number of hydrogen-bond donors (Lipinski definition) is 2. The Kier molecular flexibility index (Phi) is 4.48. The molecular formula is C13H14F4N2O2. The van der Waals surface area contributed by atoms with Crippen LogP contribution >= 0.6 is 0 Å². The zero-order valence-corrected chi connectivity index (χ0v) is 11.1. The Morgan fingerprint density at radius 2 is 2.05 bits per heavy atom. The monoisotopic (exact) mass is 306 g/mol. The summed E-state index contributed by atoms with van der Waals surface area (Å²) >= 11 is 0. The molecule has 2 atom stereocenters. The summed E-state index contributed by atoms with van der Waals surface area (Å²) in [5.74, 6) is -1.88. The number of halogens is 4. The van der Waals surface area contributed by atoms with Gasteiger partial charge in [-0.2, -0.15) is 13.2 Å². The first-order valence-electron chi connectivity index (χ1n) is 6.23. The number of methoxy groups -OCH3 is 1. The molecule has 1 aliphatic heterocycles. The molecule has 0 spiro atoms. The van der Waals surface area contributed by atoms with Gasteiger partial charge in [-0.05, 0) is 18.2 Å². The molecule has 8 heteroatoms. The molecule has 0 aromatic heterocycles. The molecule has 1 aliphatic rings. The van der Waals surface area contributed by atoms with Crippen LogP contribution in [0.25, 0.3) is 0 Å². The number of hydrogen-bond acceptors (Lipinski definition) is 3. The van der Waals surface area contributed by atoms with Crippen molar-refractivity contribution in [3.63, 3.8) is 0 Å². The zero-order valence-electron chi connectivity index (χ0n) is 11.1. The van der Waals surface area contributed by atoms with Gasteiger partial charge < -0.3 is 15.4 Å². The molecule has 1 fully saturated rings. The SMILES string of the molecule is CO[C@H]1CNC[C@H]1NC(=O)c1cc(F)cc(C(F)(F)F)c1. The molecule has 0 saturated carbocycles. The van der Waals surface area contributed by atoms with E-state index < -0.39 is 23.5 Å². The van der Waals surface area contributed by atoms with E-state index in [0.29, 0.717) is 25.2 Å². The third-order valence-corrected chi connectivity index (χ3v) is 3.27. The number of alkyl halides is 3. The smallest absolute Gasteiger partial charge is 0.378 e. The van der Waals surface area contributed by atoms with Crippen LogP contribution in [0.1, 0.15) is 15.9 Å². The summed E-state index contributed by atoms with van der Waals surface area (Å²) in [7, 11) is 1.47. The van der Waals surface area contributed by atoms with Crippen LogP contribution in [-0.2, 0) is 10.9 Å². The minimum atomic E-state index is -4.71. The Hall–Kier alpha value is -1.67. The van der Waals surface area contributed by atoms with Crippen molar-refractivity contribution in [1.29, 1.82) is 0 Å². The Morgan fingerprint density at radius 1 is 1.33 bits per heavy atom. The van der Waals surface area contributed by atoms with Gasteiger partial charge >= 0.3 is 6.18 Å². The van der Waals surface area contributed by atoms with Crippen LogP contribution in [-0.4, -0.2) is 38.3 Å². The first kappa shape index (κ1) is 15.7. The van der Waals surface area contributed by atoms with E-state index in [2.05, 4.69) is 10.6 Å². The van der Waals surface area contributed by atoms with Gasteiger partial charge in [0.15, 0.2) is 0 Å². The van der Waals surface area contributed by atoms with Crippen molar-refractivity contribution < 1.29 is 27.1 Å². The first-order valence-corrected chi connectivity index (χ1v) is 6.23. The van der Waals surface area contributed by atoms with Crippen LogP contribution in [0.15, 0.2) is 18.2 Å². The molecule has 1 aromatic carbocycles. The van der Waals surface area contributed by atoms with Crippen molar-refractivity contribution in [3.8, 4) is 0 Å². The minimum Gasteiger partial charge on any atom is -0.378 e. The van der Waals surface area contributed by atoms with E-state index in [1.807, 2.05) is 0 Å². The van der Waals surface area contributed by atoms with Crippen LogP contribution in [0.5, 0.6) is 0 Å². The highest BCUT2D eigenvalue weighted by Gasteiger charge is 2.33. The van der Waals surface area contributed by atoms with E-state index in [9.17, 15) is 22.4 Å². The van der Waals surface area contributed by atoms with Crippen molar-refractivity contribution in [1.82, 2.24) is 10.6 Å². The molecule has 116 valence electrons. The predicted octanol–water partition coefficient (Wildman–Crippen LogP) is 1.56. The average molecular weight is 306 g/mol. The van der Waals surface area contributed by atoms with E-state index in [1.165, 1.54) is 7.11 Å². The number of amides is 1. The molecule has 0 bridgehead atoms. The average Bonchev–Trinajstić information content (AvgIpc) is 2.84. The molecule has 0 aliphatic carbocycles. The number of benzene rings is 1. The van der Waals surface area contributed by atoms with Gasteiger partial charge in [0.1, 0.15) is 5.82 Å². The molecule has 1 saturated heterocycles. The lowest BCUT2D eigenvalue weighted by atomic mass is 10.1. The summed E-state index contributed by atoms with van der Waals surface area (Å²) in [5.41, 5.74) is -1.57. The largest absolute Gasteiger partial charge is 0.416 e. The van der Waals surface area contributed by atoms with Crippen molar-refractivity contribution in [2.75, 3.05) is 20.2 Å². The van der Waals surface area contributed by atoms with E-state index in [0.717, 1.165) is 6.07 Å². The quantitative estimate of drug-likeness (QED) is 0.833. The van der Waals surface area contributed by atoms with Crippen molar-refractivity contribution in [3.05, 3.63) is 35.1 Å². The van der Waals surface area contributed by atoms with Gasteiger partial charge in [-0.15, -0.1) is 0 Å². The maximum atomic E-state index is 13.3. The van der Waals surface area contributed by atoms with Crippen LogP contribution in [0, 0.1) is 5.82 Å². The van der Waals surface area contributed by atoms with E-state index in [4.69, 9.17) is 4.74 Å². The molecule has 21 heavy (non-hydrogen) atoms. The number of carbonyl (C=O) groups is 1. The molecule has 1 aromatic rings. The molecular weight excluding hydrogens is 292 g/mol. The van der Waals surface area contributed by atoms with Crippen LogP contribution < -0.4 is 10.6 Å². The number of carbonyl (C=O) groups excluding carboxylic acids is 1. The second kappa shape index (κ2) is 5.98. The lowest BCUT2D eigenvalue weighted by Crippen LogP contribution is -2.43. The normalized spacial score (nSPS) is 22.3. The summed E-state index contributed by atoms with van der Waals surface area (Å²) < 4.78 is 56.2. The Morgan fingerprint density at radius 3 is 2.67 bits per heavy atom. The fourth-order valence-corrected chi connectivity index (χ4v) is 2.18. The van der Waals surface area contributed by atoms with Gasteiger partial charge in [0.05, 0.1) is 17.7 Å². The van der Waals surface area contributed by atoms with Crippen LogP contribution in [0.3, 0.4) is 0 Å². The lowest BCUT2D eigenvalue weighted by molar-refractivity contribution is -0.137. The molecule has 2 N–H and O–H groups in total. The van der Waals surface area contributed by atoms with E-state index in [-0.39, 0.29) is 17.7 Å². The lowest BCUT2D eigenvalue weighted by Gasteiger charge is -2.19. The highest BCUT2D eigenvalue weighted by molar-refractivity contribution is 5.94. The van der Waals surface area contributed by atoms with Crippen molar-refractivity contribution in [2.24, 2.45) is 0 Å². The second-order valence-electron chi connectivity index (χ2n) is 4.74. The maximum Gasteiger partial charge on any atom is 0.416 e. The van der Waals surface area contributed by atoms with E-state index in [1.54, 1.807) is 0 Å². The second-order valence-corrected chi connectivity index (χ2v) is 4.74. The molecule has 1 heterocycles. The topological polar surface area (TPSA) is 50.4 Å². The van der Waals surface area contributed by atoms with Crippen LogP contribution in [0.2, 0.25) is 0 Å². The Labute approximate surface area is 118 Å². The summed E-state index contributed by atoms with van der Waals surface area (Å²) in [6.07, 6.45) is -4.98. The van der Waals surface area contributed by atoms with Crippen LogP contribution in [0.4, 0.5) is 17.6 Å². The van der Waals surface area contributed by atoms with Crippen molar-refractivity contribution in [2.45, 2.75) is 18.3 Å². The third kappa shape index (κ3) is 3.70. The molecule has 2 rings (SSSR count). The highest BCUT2D eigenvalue weighted by Crippen LogP contribution is 2.30. The summed E-state index contributed by atoms with van der Waals surface area (Å²) in [6, 6.07) is 1.38. The van der Waals surface area contributed by atoms with Gasteiger partial charge in [0.25, 0.3) is 5.91 Å². The molecule has 0 radical (unpaired) electrons. The summed E-state index contributed by atoms with van der Waals surface area (Å²) in [4.78, 5) is 12.0. The van der Waals surface area contributed by atoms with Gasteiger partial charge in [-0.1, -0.05) is 0 Å².